The Morgan fingerprint density at radius 1 is 1.24 bits per heavy atom. The lowest BCUT2D eigenvalue weighted by molar-refractivity contribution is -0.136. The Bertz CT molecular complexity index is 311. The normalized spacial score (nSPS) is 43.5. The number of nitrogens with zero attached hydrogens (tertiary/aromatic N) is 1. The van der Waals surface area contributed by atoms with Gasteiger partial charge in [-0.3, -0.25) is 4.79 Å². The van der Waals surface area contributed by atoms with E-state index in [1.54, 1.807) is 0 Å². The highest BCUT2D eigenvalue weighted by molar-refractivity contribution is 5.79. The molecule has 3 saturated carbocycles. The van der Waals surface area contributed by atoms with Crippen LogP contribution < -0.4 is 5.73 Å². The van der Waals surface area contributed by atoms with Crippen LogP contribution in [0.5, 0.6) is 0 Å². The molecule has 3 rings (SSSR count). The second-order valence-corrected chi connectivity index (χ2v) is 6.60. The predicted molar refractivity (Wildman–Crippen MR) is 67.3 cm³/mol. The van der Waals surface area contributed by atoms with Crippen LogP contribution in [0.2, 0.25) is 0 Å². The summed E-state index contributed by atoms with van der Waals surface area (Å²) in [5.74, 6) is 3.00. The van der Waals surface area contributed by atoms with Crippen molar-refractivity contribution in [2.24, 2.45) is 29.4 Å². The molecule has 3 aliphatic carbocycles. The third kappa shape index (κ3) is 2.10. The molecular formula is C14H24N2O. The van der Waals surface area contributed by atoms with Gasteiger partial charge in [0.1, 0.15) is 0 Å². The van der Waals surface area contributed by atoms with Gasteiger partial charge in [-0.1, -0.05) is 6.42 Å². The summed E-state index contributed by atoms with van der Waals surface area (Å²) in [5.41, 5.74) is 5.79. The van der Waals surface area contributed by atoms with Gasteiger partial charge in [0.2, 0.25) is 5.91 Å². The van der Waals surface area contributed by atoms with E-state index in [2.05, 4.69) is 0 Å². The Balaban J connectivity index is 1.51. The number of fused-ring (bicyclic) bond motifs is 2. The second kappa shape index (κ2) is 4.27. The van der Waals surface area contributed by atoms with Crippen LogP contribution in [0.25, 0.3) is 0 Å². The standard InChI is InChI=1S/C14H24N2O/c1-16(8-10-5-12(15)6-10)14(17)13-7-9-2-3-11(13)4-9/h9-13H,2-8,15H2,1H3. The monoisotopic (exact) mass is 236 g/mol. The average Bonchev–Trinajstić information content (AvgIpc) is 2.87. The summed E-state index contributed by atoms with van der Waals surface area (Å²) < 4.78 is 0. The minimum absolute atomic E-state index is 0.354. The molecule has 0 spiro atoms. The zero-order chi connectivity index (χ0) is 12.0. The van der Waals surface area contributed by atoms with Crippen molar-refractivity contribution >= 4 is 5.91 Å². The van der Waals surface area contributed by atoms with Gasteiger partial charge >= 0.3 is 0 Å². The molecular weight excluding hydrogens is 212 g/mol. The van der Waals surface area contributed by atoms with Gasteiger partial charge in [-0.15, -0.1) is 0 Å². The van der Waals surface area contributed by atoms with E-state index in [0.29, 0.717) is 29.7 Å². The maximum atomic E-state index is 12.4. The van der Waals surface area contributed by atoms with Crippen molar-refractivity contribution < 1.29 is 4.79 Å². The largest absolute Gasteiger partial charge is 0.345 e. The first kappa shape index (κ1) is 11.5. The maximum Gasteiger partial charge on any atom is 0.225 e. The van der Waals surface area contributed by atoms with Gasteiger partial charge < -0.3 is 10.6 Å². The molecule has 0 saturated heterocycles. The second-order valence-electron chi connectivity index (χ2n) is 6.60. The molecule has 0 aromatic carbocycles. The summed E-state index contributed by atoms with van der Waals surface area (Å²) in [6, 6.07) is 0.394. The van der Waals surface area contributed by atoms with E-state index in [1.165, 1.54) is 19.3 Å². The highest BCUT2D eigenvalue weighted by Crippen LogP contribution is 2.48. The third-order valence-electron chi connectivity index (χ3n) is 5.24. The Kier molecular flexibility index (Phi) is 2.89. The Hall–Kier alpha value is -0.570. The SMILES string of the molecule is CN(CC1CC(N)C1)C(=O)C1CC2CCC1C2. The smallest absolute Gasteiger partial charge is 0.225 e. The summed E-state index contributed by atoms with van der Waals surface area (Å²) in [6.45, 7) is 0.931. The molecule has 3 heteroatoms. The van der Waals surface area contributed by atoms with E-state index in [1.807, 2.05) is 11.9 Å². The predicted octanol–water partition coefficient (Wildman–Crippen LogP) is 1.62. The first-order chi connectivity index (χ1) is 8.13. The van der Waals surface area contributed by atoms with Gasteiger partial charge in [-0.05, 0) is 49.9 Å². The molecule has 3 aliphatic rings. The van der Waals surface area contributed by atoms with Crippen LogP contribution in [0.15, 0.2) is 0 Å². The van der Waals surface area contributed by atoms with Crippen molar-refractivity contribution in [1.82, 2.24) is 4.90 Å². The number of hydrogen-bond donors (Lipinski definition) is 1. The molecule has 1 amide bonds. The van der Waals surface area contributed by atoms with Crippen molar-refractivity contribution in [2.75, 3.05) is 13.6 Å². The fraction of sp³-hybridized carbons (Fsp3) is 0.929. The van der Waals surface area contributed by atoms with Gasteiger partial charge in [0.15, 0.2) is 0 Å². The minimum atomic E-state index is 0.354. The van der Waals surface area contributed by atoms with E-state index < -0.39 is 0 Å². The molecule has 0 heterocycles. The molecule has 2 bridgehead atoms. The zero-order valence-corrected chi connectivity index (χ0v) is 10.8. The topological polar surface area (TPSA) is 46.3 Å². The Morgan fingerprint density at radius 2 is 2.00 bits per heavy atom. The number of carbonyl (C=O) groups is 1. The van der Waals surface area contributed by atoms with E-state index in [0.717, 1.165) is 31.7 Å². The number of rotatable bonds is 3. The van der Waals surface area contributed by atoms with Gasteiger partial charge in [0.25, 0.3) is 0 Å². The van der Waals surface area contributed by atoms with E-state index in [9.17, 15) is 4.79 Å². The van der Waals surface area contributed by atoms with Crippen molar-refractivity contribution in [3.05, 3.63) is 0 Å². The van der Waals surface area contributed by atoms with Gasteiger partial charge in [0.05, 0.1) is 0 Å². The van der Waals surface area contributed by atoms with Crippen molar-refractivity contribution in [2.45, 2.75) is 44.6 Å². The summed E-state index contributed by atoms with van der Waals surface area (Å²) in [6.07, 6.45) is 7.36. The van der Waals surface area contributed by atoms with Crippen molar-refractivity contribution in [3.8, 4) is 0 Å². The third-order valence-corrected chi connectivity index (χ3v) is 5.24. The van der Waals surface area contributed by atoms with Crippen LogP contribution in [0.4, 0.5) is 0 Å². The van der Waals surface area contributed by atoms with E-state index in [-0.39, 0.29) is 0 Å². The van der Waals surface area contributed by atoms with Crippen LogP contribution in [-0.2, 0) is 4.79 Å². The summed E-state index contributed by atoms with van der Waals surface area (Å²) >= 11 is 0. The molecule has 0 radical (unpaired) electrons. The molecule has 17 heavy (non-hydrogen) atoms. The number of carbonyl (C=O) groups excluding carboxylic acids is 1. The molecule has 0 aliphatic heterocycles. The van der Waals surface area contributed by atoms with Gasteiger partial charge in [-0.25, -0.2) is 0 Å². The van der Waals surface area contributed by atoms with Crippen molar-refractivity contribution in [3.63, 3.8) is 0 Å². The quantitative estimate of drug-likeness (QED) is 0.809. The van der Waals surface area contributed by atoms with E-state index in [4.69, 9.17) is 5.73 Å². The molecule has 3 atom stereocenters. The highest BCUT2D eigenvalue weighted by atomic mass is 16.2. The average molecular weight is 236 g/mol. The number of nitrogens with two attached hydrogens (primary N) is 1. The maximum absolute atomic E-state index is 12.4. The lowest BCUT2D eigenvalue weighted by atomic mass is 9.80. The first-order valence-electron chi connectivity index (χ1n) is 7.14. The van der Waals surface area contributed by atoms with Crippen LogP contribution in [0.1, 0.15) is 38.5 Å². The molecule has 3 nitrogen and oxygen atoms in total. The number of hydrogen-bond acceptors (Lipinski definition) is 2. The zero-order valence-electron chi connectivity index (χ0n) is 10.8. The number of amides is 1. The Morgan fingerprint density at radius 3 is 2.53 bits per heavy atom. The fourth-order valence-electron chi connectivity index (χ4n) is 4.24. The highest BCUT2D eigenvalue weighted by Gasteiger charge is 2.44. The molecule has 96 valence electrons. The fourth-order valence-corrected chi connectivity index (χ4v) is 4.24. The van der Waals surface area contributed by atoms with Gasteiger partial charge in [0, 0.05) is 25.6 Å². The Labute approximate surface area is 104 Å². The summed E-state index contributed by atoms with van der Waals surface area (Å²) in [4.78, 5) is 14.4. The summed E-state index contributed by atoms with van der Waals surface area (Å²) in [7, 11) is 1.98. The van der Waals surface area contributed by atoms with E-state index >= 15 is 0 Å². The molecule has 0 aromatic rings. The first-order valence-corrected chi connectivity index (χ1v) is 7.14. The molecule has 0 aromatic heterocycles. The van der Waals surface area contributed by atoms with Crippen LogP contribution in [-0.4, -0.2) is 30.4 Å². The summed E-state index contributed by atoms with van der Waals surface area (Å²) in [5, 5.41) is 0. The lowest BCUT2D eigenvalue weighted by Crippen LogP contribution is -2.45. The van der Waals surface area contributed by atoms with Gasteiger partial charge in [-0.2, -0.15) is 0 Å². The molecule has 2 N–H and O–H groups in total. The minimum Gasteiger partial charge on any atom is -0.345 e. The van der Waals surface area contributed by atoms with Crippen LogP contribution in [0.3, 0.4) is 0 Å². The molecule has 3 fully saturated rings. The lowest BCUT2D eigenvalue weighted by Gasteiger charge is -2.36. The van der Waals surface area contributed by atoms with Crippen LogP contribution >= 0.6 is 0 Å². The van der Waals surface area contributed by atoms with Crippen molar-refractivity contribution in [1.29, 1.82) is 0 Å². The molecule has 3 unspecified atom stereocenters. The van der Waals surface area contributed by atoms with Crippen LogP contribution in [0, 0.1) is 23.7 Å².